The SMILES string of the molecule is CC#CCCNc1ccc(C#N)cc1Br. The van der Waals surface area contributed by atoms with E-state index >= 15 is 0 Å². The van der Waals surface area contributed by atoms with Crippen LogP contribution in [0.3, 0.4) is 0 Å². The third kappa shape index (κ3) is 3.65. The third-order valence-electron chi connectivity index (χ3n) is 1.84. The van der Waals surface area contributed by atoms with E-state index in [2.05, 4.69) is 39.2 Å². The van der Waals surface area contributed by atoms with Gasteiger partial charge in [-0.3, -0.25) is 0 Å². The molecule has 0 aliphatic carbocycles. The lowest BCUT2D eigenvalue weighted by atomic mass is 10.2. The van der Waals surface area contributed by atoms with Gasteiger partial charge in [0.05, 0.1) is 11.6 Å². The maximum atomic E-state index is 8.69. The summed E-state index contributed by atoms with van der Waals surface area (Å²) in [5.41, 5.74) is 1.65. The summed E-state index contributed by atoms with van der Waals surface area (Å²) in [4.78, 5) is 0. The average molecular weight is 263 g/mol. The fourth-order valence-electron chi connectivity index (χ4n) is 1.11. The summed E-state index contributed by atoms with van der Waals surface area (Å²) < 4.78 is 0.908. The van der Waals surface area contributed by atoms with Gasteiger partial charge in [-0.1, -0.05) is 0 Å². The lowest BCUT2D eigenvalue weighted by Crippen LogP contribution is -2.00. The van der Waals surface area contributed by atoms with Crippen molar-refractivity contribution in [3.8, 4) is 17.9 Å². The van der Waals surface area contributed by atoms with Crippen LogP contribution in [0.2, 0.25) is 0 Å². The molecular formula is C12H11BrN2. The minimum Gasteiger partial charge on any atom is -0.383 e. The number of hydrogen-bond acceptors (Lipinski definition) is 2. The smallest absolute Gasteiger partial charge is 0.0992 e. The normalized spacial score (nSPS) is 8.60. The molecule has 0 unspecified atom stereocenters. The molecule has 0 spiro atoms. The van der Waals surface area contributed by atoms with E-state index in [1.54, 1.807) is 12.1 Å². The Labute approximate surface area is 98.4 Å². The second-order valence-electron chi connectivity index (χ2n) is 2.91. The topological polar surface area (TPSA) is 35.8 Å². The molecule has 0 fully saturated rings. The summed E-state index contributed by atoms with van der Waals surface area (Å²) in [5.74, 6) is 5.82. The summed E-state index contributed by atoms with van der Waals surface area (Å²) in [7, 11) is 0. The molecule has 3 heteroatoms. The molecule has 0 aliphatic heterocycles. The molecule has 15 heavy (non-hydrogen) atoms. The summed E-state index contributed by atoms with van der Waals surface area (Å²) in [6, 6.07) is 7.57. The molecule has 1 rings (SSSR count). The van der Waals surface area contributed by atoms with Crippen LogP contribution < -0.4 is 5.32 Å². The highest BCUT2D eigenvalue weighted by Crippen LogP contribution is 2.23. The van der Waals surface area contributed by atoms with Crippen LogP contribution in [0.1, 0.15) is 18.9 Å². The maximum Gasteiger partial charge on any atom is 0.0992 e. The second-order valence-corrected chi connectivity index (χ2v) is 3.76. The van der Waals surface area contributed by atoms with Crippen molar-refractivity contribution in [2.75, 3.05) is 11.9 Å². The van der Waals surface area contributed by atoms with Gasteiger partial charge in [-0.25, -0.2) is 0 Å². The maximum absolute atomic E-state index is 8.69. The first-order valence-corrected chi connectivity index (χ1v) is 5.40. The number of anilines is 1. The first-order chi connectivity index (χ1) is 7.27. The van der Waals surface area contributed by atoms with E-state index in [1.807, 2.05) is 13.0 Å². The van der Waals surface area contributed by atoms with Gasteiger partial charge in [-0.05, 0) is 41.1 Å². The van der Waals surface area contributed by atoms with E-state index < -0.39 is 0 Å². The summed E-state index contributed by atoms with van der Waals surface area (Å²) in [5, 5.41) is 11.9. The van der Waals surface area contributed by atoms with E-state index in [0.29, 0.717) is 5.56 Å². The highest BCUT2D eigenvalue weighted by atomic mass is 79.9. The monoisotopic (exact) mass is 262 g/mol. The highest BCUT2D eigenvalue weighted by molar-refractivity contribution is 9.10. The van der Waals surface area contributed by atoms with Gasteiger partial charge in [0.15, 0.2) is 0 Å². The molecule has 1 aromatic carbocycles. The highest BCUT2D eigenvalue weighted by Gasteiger charge is 1.99. The predicted octanol–water partition coefficient (Wildman–Crippen LogP) is 3.15. The summed E-state index contributed by atoms with van der Waals surface area (Å²) in [6.07, 6.45) is 0.822. The predicted molar refractivity (Wildman–Crippen MR) is 65.4 cm³/mol. The van der Waals surface area contributed by atoms with Crippen molar-refractivity contribution in [2.45, 2.75) is 13.3 Å². The number of nitriles is 1. The quantitative estimate of drug-likeness (QED) is 0.671. The van der Waals surface area contributed by atoms with Gasteiger partial charge in [0.1, 0.15) is 0 Å². The minimum absolute atomic E-state index is 0.653. The van der Waals surface area contributed by atoms with Crippen molar-refractivity contribution in [2.24, 2.45) is 0 Å². The molecule has 76 valence electrons. The zero-order valence-electron chi connectivity index (χ0n) is 8.47. The molecule has 0 aliphatic rings. The van der Waals surface area contributed by atoms with Crippen LogP contribution in [-0.2, 0) is 0 Å². The van der Waals surface area contributed by atoms with E-state index in [1.165, 1.54) is 0 Å². The molecule has 0 radical (unpaired) electrons. The van der Waals surface area contributed by atoms with Crippen molar-refractivity contribution < 1.29 is 0 Å². The Hall–Kier alpha value is -1.45. The number of rotatable bonds is 3. The van der Waals surface area contributed by atoms with E-state index in [0.717, 1.165) is 23.1 Å². The Balaban J connectivity index is 2.61. The zero-order valence-corrected chi connectivity index (χ0v) is 10.1. The Bertz CT molecular complexity index is 435. The van der Waals surface area contributed by atoms with Crippen LogP contribution in [0.4, 0.5) is 5.69 Å². The lowest BCUT2D eigenvalue weighted by Gasteiger charge is -2.06. The fourth-order valence-corrected chi connectivity index (χ4v) is 1.63. The van der Waals surface area contributed by atoms with Crippen molar-refractivity contribution in [3.63, 3.8) is 0 Å². The van der Waals surface area contributed by atoms with Gasteiger partial charge < -0.3 is 5.32 Å². The molecule has 0 saturated carbocycles. The third-order valence-corrected chi connectivity index (χ3v) is 2.50. The van der Waals surface area contributed by atoms with Crippen LogP contribution in [0.5, 0.6) is 0 Å². The average Bonchev–Trinajstić information content (AvgIpc) is 2.26. The molecule has 2 nitrogen and oxygen atoms in total. The van der Waals surface area contributed by atoms with E-state index in [4.69, 9.17) is 5.26 Å². The van der Waals surface area contributed by atoms with Crippen LogP contribution in [0, 0.1) is 23.2 Å². The van der Waals surface area contributed by atoms with Gasteiger partial charge >= 0.3 is 0 Å². The standard InChI is InChI=1S/C12H11BrN2/c1-2-3-4-7-15-12-6-5-10(9-14)8-11(12)13/h5-6,8,15H,4,7H2,1H3. The lowest BCUT2D eigenvalue weighted by molar-refractivity contribution is 1.09. The van der Waals surface area contributed by atoms with Crippen molar-refractivity contribution in [3.05, 3.63) is 28.2 Å². The number of hydrogen-bond donors (Lipinski definition) is 1. The molecule has 0 aromatic heterocycles. The Morgan fingerprint density at radius 3 is 2.87 bits per heavy atom. The summed E-state index contributed by atoms with van der Waals surface area (Å²) >= 11 is 3.41. The molecule has 0 bridgehead atoms. The molecule has 1 aromatic rings. The van der Waals surface area contributed by atoms with Crippen LogP contribution in [-0.4, -0.2) is 6.54 Å². The van der Waals surface area contributed by atoms with E-state index in [-0.39, 0.29) is 0 Å². The van der Waals surface area contributed by atoms with Crippen molar-refractivity contribution in [1.82, 2.24) is 0 Å². The molecular weight excluding hydrogens is 252 g/mol. The fraction of sp³-hybridized carbons (Fsp3) is 0.250. The molecule has 0 heterocycles. The van der Waals surface area contributed by atoms with Gasteiger partial charge in [0.25, 0.3) is 0 Å². The first kappa shape index (κ1) is 11.6. The zero-order chi connectivity index (χ0) is 11.1. The van der Waals surface area contributed by atoms with Crippen LogP contribution in [0.25, 0.3) is 0 Å². The van der Waals surface area contributed by atoms with Crippen molar-refractivity contribution in [1.29, 1.82) is 5.26 Å². The van der Waals surface area contributed by atoms with Crippen LogP contribution in [0.15, 0.2) is 22.7 Å². The van der Waals surface area contributed by atoms with Crippen molar-refractivity contribution >= 4 is 21.6 Å². The summed E-state index contributed by atoms with van der Waals surface area (Å²) in [6.45, 7) is 2.64. The Kier molecular flexibility index (Phi) is 4.74. The first-order valence-electron chi connectivity index (χ1n) is 4.61. The Morgan fingerprint density at radius 2 is 2.27 bits per heavy atom. The Morgan fingerprint density at radius 1 is 1.47 bits per heavy atom. The number of nitrogens with one attached hydrogen (secondary N) is 1. The van der Waals surface area contributed by atoms with Gasteiger partial charge in [0, 0.05) is 23.1 Å². The largest absolute Gasteiger partial charge is 0.383 e. The van der Waals surface area contributed by atoms with E-state index in [9.17, 15) is 0 Å². The van der Waals surface area contributed by atoms with Gasteiger partial charge in [-0.15, -0.1) is 11.8 Å². The number of nitrogens with zero attached hydrogens (tertiary/aromatic N) is 1. The van der Waals surface area contributed by atoms with Gasteiger partial charge in [-0.2, -0.15) is 5.26 Å². The molecule has 0 amide bonds. The minimum atomic E-state index is 0.653. The molecule has 0 saturated heterocycles. The number of benzene rings is 1. The molecule has 1 N–H and O–H groups in total. The second kappa shape index (κ2) is 6.11. The molecule has 0 atom stereocenters. The van der Waals surface area contributed by atoms with Gasteiger partial charge in [0.2, 0.25) is 0 Å². The van der Waals surface area contributed by atoms with Crippen LogP contribution >= 0.6 is 15.9 Å². The number of halogens is 1.